The van der Waals surface area contributed by atoms with Crippen LogP contribution in [-0.2, 0) is 22.1 Å². The molecule has 0 aromatic heterocycles. The number of esters is 1. The highest BCUT2D eigenvalue weighted by Crippen LogP contribution is 2.29. The average Bonchev–Trinajstić information content (AvgIpc) is 2.49. The Morgan fingerprint density at radius 1 is 1.29 bits per heavy atom. The molecule has 0 amide bonds. The number of halogens is 3. The number of rotatable bonds is 8. The van der Waals surface area contributed by atoms with Crippen molar-refractivity contribution in [3.8, 4) is 0 Å². The molecule has 0 bridgehead atoms. The molecule has 2 unspecified atom stereocenters. The maximum Gasteiger partial charge on any atom is 0.416 e. The van der Waals surface area contributed by atoms with Gasteiger partial charge >= 0.3 is 12.1 Å². The molecule has 1 aromatic carbocycles. The van der Waals surface area contributed by atoms with E-state index in [1.54, 1.807) is 6.07 Å². The zero-order valence-electron chi connectivity index (χ0n) is 14.5. The number of benzene rings is 1. The molecule has 1 aromatic rings. The van der Waals surface area contributed by atoms with Crippen LogP contribution in [0, 0.1) is 0 Å². The first kappa shape index (κ1) is 20.4. The summed E-state index contributed by atoms with van der Waals surface area (Å²) in [4.78, 5) is 13.6. The molecular weight excluding hydrogens is 321 g/mol. The Morgan fingerprint density at radius 2 is 1.96 bits per heavy atom. The Labute approximate surface area is 141 Å². The smallest absolute Gasteiger partial charge is 0.416 e. The molecule has 0 heterocycles. The predicted octanol–water partition coefficient (Wildman–Crippen LogP) is 2.72. The zero-order valence-corrected chi connectivity index (χ0v) is 14.5. The van der Waals surface area contributed by atoms with Gasteiger partial charge in [0.15, 0.2) is 0 Å². The summed E-state index contributed by atoms with van der Waals surface area (Å²) in [6.45, 7) is 4.09. The fourth-order valence-corrected chi connectivity index (χ4v) is 1.97. The topological polar surface area (TPSA) is 41.6 Å². The third-order valence-corrected chi connectivity index (χ3v) is 3.76. The molecule has 24 heavy (non-hydrogen) atoms. The number of hydrogen-bond acceptors (Lipinski definition) is 4. The highest BCUT2D eigenvalue weighted by Gasteiger charge is 2.30. The number of alkyl halides is 3. The molecule has 0 aliphatic carbocycles. The lowest BCUT2D eigenvalue weighted by atomic mass is 10.0. The molecule has 0 fully saturated rings. The molecule has 0 radical (unpaired) electrons. The fraction of sp³-hybridized carbons (Fsp3) is 0.588. The summed E-state index contributed by atoms with van der Waals surface area (Å²) in [5.41, 5.74) is -0.0938. The van der Waals surface area contributed by atoms with Gasteiger partial charge in [-0.1, -0.05) is 18.2 Å². The maximum absolute atomic E-state index is 12.7. The molecule has 1 rings (SSSR count). The minimum atomic E-state index is -4.35. The van der Waals surface area contributed by atoms with Gasteiger partial charge < -0.3 is 15.0 Å². The van der Waals surface area contributed by atoms with Gasteiger partial charge in [-0.15, -0.1) is 0 Å². The largest absolute Gasteiger partial charge is 0.463 e. The number of carbonyl (C=O) groups excluding carboxylic acids is 1. The summed E-state index contributed by atoms with van der Waals surface area (Å²) < 4.78 is 43.2. The molecule has 0 saturated heterocycles. The van der Waals surface area contributed by atoms with Crippen LogP contribution in [0.3, 0.4) is 0 Å². The van der Waals surface area contributed by atoms with Crippen LogP contribution < -0.4 is 5.32 Å². The second kappa shape index (κ2) is 9.03. The van der Waals surface area contributed by atoms with E-state index < -0.39 is 11.7 Å². The van der Waals surface area contributed by atoms with Crippen LogP contribution >= 0.6 is 0 Å². The molecule has 4 nitrogen and oxygen atoms in total. The average molecular weight is 346 g/mol. The van der Waals surface area contributed by atoms with Gasteiger partial charge in [-0.2, -0.15) is 13.2 Å². The number of carbonyl (C=O) groups is 1. The summed E-state index contributed by atoms with van der Waals surface area (Å²) in [6, 6.07) is 5.19. The van der Waals surface area contributed by atoms with Gasteiger partial charge in [0.1, 0.15) is 6.61 Å². The minimum Gasteiger partial charge on any atom is -0.463 e. The van der Waals surface area contributed by atoms with Crippen molar-refractivity contribution in [2.45, 2.75) is 38.5 Å². The van der Waals surface area contributed by atoms with Crippen molar-refractivity contribution in [2.75, 3.05) is 27.2 Å². The molecule has 0 aliphatic heterocycles. The van der Waals surface area contributed by atoms with E-state index in [2.05, 4.69) is 5.32 Å². The Bertz CT molecular complexity index is 533. The van der Waals surface area contributed by atoms with Crippen molar-refractivity contribution in [3.63, 3.8) is 0 Å². The van der Waals surface area contributed by atoms with Crippen LogP contribution in [0.25, 0.3) is 0 Å². The van der Waals surface area contributed by atoms with Crippen molar-refractivity contribution < 1.29 is 22.7 Å². The lowest BCUT2D eigenvalue weighted by molar-refractivity contribution is -0.144. The van der Waals surface area contributed by atoms with Crippen LogP contribution in [0.4, 0.5) is 13.2 Å². The van der Waals surface area contributed by atoms with Gasteiger partial charge in [0.2, 0.25) is 0 Å². The van der Waals surface area contributed by atoms with Gasteiger partial charge in [0, 0.05) is 12.1 Å². The first-order valence-electron chi connectivity index (χ1n) is 7.81. The van der Waals surface area contributed by atoms with Crippen LogP contribution in [0.2, 0.25) is 0 Å². The van der Waals surface area contributed by atoms with Crippen LogP contribution in [0.5, 0.6) is 0 Å². The van der Waals surface area contributed by atoms with Gasteiger partial charge in [-0.3, -0.25) is 4.79 Å². The third-order valence-electron chi connectivity index (χ3n) is 3.76. The van der Waals surface area contributed by atoms with Gasteiger partial charge in [-0.25, -0.2) is 0 Å². The second-order valence-electron chi connectivity index (χ2n) is 6.18. The molecule has 0 spiro atoms. The molecule has 0 saturated carbocycles. The SMILES string of the molecule is CC(Cc1cccc(C(F)(F)F)c1)NCC(=O)OCC(C)N(C)C. The summed E-state index contributed by atoms with van der Waals surface area (Å²) in [5, 5.41) is 2.97. The van der Waals surface area contributed by atoms with E-state index in [-0.39, 0.29) is 24.6 Å². The minimum absolute atomic E-state index is 0.0281. The van der Waals surface area contributed by atoms with Crippen molar-refractivity contribution in [1.29, 1.82) is 0 Å². The normalized spacial score (nSPS) is 14.5. The van der Waals surface area contributed by atoms with Crippen molar-refractivity contribution in [3.05, 3.63) is 35.4 Å². The van der Waals surface area contributed by atoms with Gasteiger partial charge in [0.25, 0.3) is 0 Å². The Balaban J connectivity index is 2.41. The lowest BCUT2D eigenvalue weighted by Gasteiger charge is -2.20. The Morgan fingerprint density at radius 3 is 2.54 bits per heavy atom. The van der Waals surface area contributed by atoms with E-state index in [4.69, 9.17) is 4.74 Å². The van der Waals surface area contributed by atoms with Gasteiger partial charge in [0.05, 0.1) is 12.1 Å². The van der Waals surface area contributed by atoms with E-state index in [9.17, 15) is 18.0 Å². The number of nitrogens with zero attached hydrogens (tertiary/aromatic N) is 1. The molecule has 136 valence electrons. The maximum atomic E-state index is 12.7. The number of hydrogen-bond donors (Lipinski definition) is 1. The molecule has 1 N–H and O–H groups in total. The van der Waals surface area contributed by atoms with E-state index in [0.717, 1.165) is 12.1 Å². The zero-order chi connectivity index (χ0) is 18.3. The van der Waals surface area contributed by atoms with Crippen molar-refractivity contribution >= 4 is 5.97 Å². The number of likely N-dealkylation sites (N-methyl/N-ethyl adjacent to an activating group) is 1. The summed E-state index contributed by atoms with van der Waals surface area (Å²) >= 11 is 0. The van der Waals surface area contributed by atoms with Gasteiger partial charge in [-0.05, 0) is 46.0 Å². The van der Waals surface area contributed by atoms with Crippen molar-refractivity contribution in [1.82, 2.24) is 10.2 Å². The number of ether oxygens (including phenoxy) is 1. The highest BCUT2D eigenvalue weighted by molar-refractivity contribution is 5.71. The first-order valence-corrected chi connectivity index (χ1v) is 7.81. The lowest BCUT2D eigenvalue weighted by Crippen LogP contribution is -2.36. The van der Waals surface area contributed by atoms with Crippen LogP contribution in [0.15, 0.2) is 24.3 Å². The third kappa shape index (κ3) is 7.31. The van der Waals surface area contributed by atoms with E-state index in [0.29, 0.717) is 18.6 Å². The van der Waals surface area contributed by atoms with Crippen molar-refractivity contribution in [2.24, 2.45) is 0 Å². The van der Waals surface area contributed by atoms with Crippen LogP contribution in [-0.4, -0.2) is 50.2 Å². The molecular formula is C17H25F3N2O2. The van der Waals surface area contributed by atoms with E-state index >= 15 is 0 Å². The molecule has 7 heteroatoms. The Hall–Kier alpha value is -1.60. The molecule has 0 aliphatic rings. The number of nitrogens with one attached hydrogen (secondary N) is 1. The van der Waals surface area contributed by atoms with Crippen LogP contribution in [0.1, 0.15) is 25.0 Å². The van der Waals surface area contributed by atoms with E-state index in [1.807, 2.05) is 32.8 Å². The summed E-state index contributed by atoms with van der Waals surface area (Å²) in [7, 11) is 3.79. The quantitative estimate of drug-likeness (QED) is 0.735. The summed E-state index contributed by atoms with van der Waals surface area (Å²) in [5.74, 6) is -0.375. The standard InChI is InChI=1S/C17H25F3N2O2/c1-12(21-10-16(23)24-11-13(2)22(3)4)8-14-6-5-7-15(9-14)17(18,19)20/h5-7,9,12-13,21H,8,10-11H2,1-4H3. The highest BCUT2D eigenvalue weighted by atomic mass is 19.4. The van der Waals surface area contributed by atoms with E-state index in [1.165, 1.54) is 6.07 Å². The fourth-order valence-electron chi connectivity index (χ4n) is 1.97. The monoisotopic (exact) mass is 346 g/mol. The summed E-state index contributed by atoms with van der Waals surface area (Å²) in [6.07, 6.45) is -3.95. The predicted molar refractivity (Wildman–Crippen MR) is 86.7 cm³/mol. The first-order chi connectivity index (χ1) is 11.1. The molecule has 2 atom stereocenters. The second-order valence-corrected chi connectivity index (χ2v) is 6.18. The Kier molecular flexibility index (Phi) is 7.69.